The van der Waals surface area contributed by atoms with Gasteiger partial charge in [-0.25, -0.2) is 4.39 Å². The Balaban J connectivity index is 1.61. The summed E-state index contributed by atoms with van der Waals surface area (Å²) in [6, 6.07) is 4.16. The number of aryl methyl sites for hydroxylation is 1. The summed E-state index contributed by atoms with van der Waals surface area (Å²) in [5.74, 6) is -0.574. The summed E-state index contributed by atoms with van der Waals surface area (Å²) >= 11 is 0. The summed E-state index contributed by atoms with van der Waals surface area (Å²) in [6.07, 6.45) is 2.14. The minimum atomic E-state index is -0.692. The molecule has 1 aromatic carbocycles. The molecular weight excluding hydrogens is 313 g/mol. The van der Waals surface area contributed by atoms with Crippen LogP contribution in [-0.4, -0.2) is 41.9 Å². The number of benzene rings is 1. The molecule has 1 spiro atoms. The largest absolute Gasteiger partial charge is 0.451 e. The van der Waals surface area contributed by atoms with Crippen molar-refractivity contribution in [3.05, 3.63) is 35.3 Å². The third-order valence-corrected chi connectivity index (χ3v) is 5.11. The lowest BCUT2D eigenvalue weighted by atomic mass is 9.87. The van der Waals surface area contributed by atoms with Crippen molar-refractivity contribution in [3.8, 4) is 0 Å². The zero-order valence-electron chi connectivity index (χ0n) is 13.4. The summed E-state index contributed by atoms with van der Waals surface area (Å²) in [5.41, 5.74) is 0.374. The predicted octanol–water partition coefficient (Wildman–Crippen LogP) is 2.84. The summed E-state index contributed by atoms with van der Waals surface area (Å²) in [4.78, 5) is 26.7. The lowest BCUT2D eigenvalue weighted by Crippen LogP contribution is -2.53. The first kappa shape index (κ1) is 15.3. The number of nitrogens with zero attached hydrogens (tertiary/aromatic N) is 1. The summed E-state index contributed by atoms with van der Waals surface area (Å²) in [5, 5.41) is 0.581. The molecule has 0 N–H and O–H groups in total. The number of likely N-dealkylation sites (tertiary alicyclic amines) is 1. The quantitative estimate of drug-likeness (QED) is 0.806. The third-order valence-electron chi connectivity index (χ3n) is 5.11. The Labute approximate surface area is 138 Å². The van der Waals surface area contributed by atoms with Gasteiger partial charge in [0.15, 0.2) is 11.5 Å². The topological polar surface area (TPSA) is 59.8 Å². The van der Waals surface area contributed by atoms with Crippen molar-refractivity contribution >= 4 is 22.7 Å². The first-order valence-corrected chi connectivity index (χ1v) is 8.15. The van der Waals surface area contributed by atoms with E-state index in [0.717, 1.165) is 12.8 Å². The van der Waals surface area contributed by atoms with Gasteiger partial charge < -0.3 is 14.1 Å². The van der Waals surface area contributed by atoms with E-state index >= 15 is 0 Å². The first-order chi connectivity index (χ1) is 11.5. The Hall–Kier alpha value is -2.21. The summed E-state index contributed by atoms with van der Waals surface area (Å²) in [6.45, 7) is 2.82. The van der Waals surface area contributed by atoms with Crippen LogP contribution >= 0.6 is 0 Å². The zero-order chi connectivity index (χ0) is 16.9. The van der Waals surface area contributed by atoms with Gasteiger partial charge in [0.05, 0.1) is 6.54 Å². The Morgan fingerprint density at radius 2 is 2.17 bits per heavy atom. The normalized spacial score (nSPS) is 24.2. The number of carbonyl (C=O) groups excluding carboxylic acids is 2. The van der Waals surface area contributed by atoms with Crippen LogP contribution in [-0.2, 0) is 9.53 Å². The fourth-order valence-corrected chi connectivity index (χ4v) is 3.68. The van der Waals surface area contributed by atoms with E-state index in [-0.39, 0.29) is 29.8 Å². The van der Waals surface area contributed by atoms with Crippen LogP contribution in [0.3, 0.4) is 0 Å². The molecule has 0 saturated carbocycles. The number of halogens is 1. The molecule has 2 aliphatic rings. The zero-order valence-corrected chi connectivity index (χ0v) is 13.4. The molecular formula is C18H18FNO4. The number of ketones is 1. The second-order valence-corrected chi connectivity index (χ2v) is 6.54. The number of carbonyl (C=O) groups is 2. The minimum Gasteiger partial charge on any atom is -0.451 e. The van der Waals surface area contributed by atoms with Crippen LogP contribution in [0, 0.1) is 12.7 Å². The molecule has 2 aliphatic heterocycles. The van der Waals surface area contributed by atoms with Crippen LogP contribution < -0.4 is 0 Å². The lowest BCUT2D eigenvalue weighted by Gasteiger charge is -2.36. The molecule has 2 saturated heterocycles. The van der Waals surface area contributed by atoms with E-state index in [1.807, 2.05) is 0 Å². The number of ether oxygens (including phenoxy) is 1. The van der Waals surface area contributed by atoms with E-state index in [4.69, 9.17) is 9.15 Å². The summed E-state index contributed by atoms with van der Waals surface area (Å²) in [7, 11) is 0. The molecule has 126 valence electrons. The van der Waals surface area contributed by atoms with Gasteiger partial charge in [0.25, 0.3) is 5.91 Å². The number of Topliss-reactive ketones (excluding diaryl/α,β-unsaturated/α-hetero) is 1. The molecule has 1 unspecified atom stereocenters. The van der Waals surface area contributed by atoms with E-state index in [1.54, 1.807) is 6.92 Å². The van der Waals surface area contributed by atoms with Gasteiger partial charge in [-0.1, -0.05) is 0 Å². The highest BCUT2D eigenvalue weighted by Crippen LogP contribution is 2.34. The van der Waals surface area contributed by atoms with Gasteiger partial charge in [-0.3, -0.25) is 9.59 Å². The fourth-order valence-electron chi connectivity index (χ4n) is 3.68. The Bertz CT molecular complexity index is 835. The molecule has 1 atom stereocenters. The standard InChI is InChI=1S/C18H18FNO4/c1-11-13-9-12(19)3-4-14(13)24-16(11)17(22)20-7-6-18(15(21)10-20)5-2-8-23-18/h3-4,9H,2,5-8,10H2,1H3. The molecule has 4 rings (SSSR count). The van der Waals surface area contributed by atoms with Crippen molar-refractivity contribution in [2.24, 2.45) is 0 Å². The second kappa shape index (κ2) is 5.41. The van der Waals surface area contributed by atoms with Crippen molar-refractivity contribution in [3.63, 3.8) is 0 Å². The van der Waals surface area contributed by atoms with Gasteiger partial charge in [-0.15, -0.1) is 0 Å². The number of fused-ring (bicyclic) bond motifs is 1. The molecule has 0 radical (unpaired) electrons. The molecule has 24 heavy (non-hydrogen) atoms. The van der Waals surface area contributed by atoms with Crippen LogP contribution in [0.25, 0.3) is 11.0 Å². The number of amides is 1. The van der Waals surface area contributed by atoms with Crippen LogP contribution in [0.2, 0.25) is 0 Å². The van der Waals surface area contributed by atoms with Crippen LogP contribution in [0.15, 0.2) is 22.6 Å². The van der Waals surface area contributed by atoms with E-state index in [1.165, 1.54) is 23.1 Å². The van der Waals surface area contributed by atoms with Gasteiger partial charge in [-0.05, 0) is 38.0 Å². The van der Waals surface area contributed by atoms with Gasteiger partial charge >= 0.3 is 0 Å². The smallest absolute Gasteiger partial charge is 0.290 e. The highest BCUT2D eigenvalue weighted by molar-refractivity contribution is 6.02. The molecule has 5 nitrogen and oxygen atoms in total. The van der Waals surface area contributed by atoms with Gasteiger partial charge in [-0.2, -0.15) is 0 Å². The molecule has 0 bridgehead atoms. The number of rotatable bonds is 1. The van der Waals surface area contributed by atoms with Gasteiger partial charge in [0.2, 0.25) is 0 Å². The number of furan rings is 1. The van der Waals surface area contributed by atoms with Crippen molar-refractivity contribution < 1.29 is 23.1 Å². The molecule has 2 fully saturated rings. The Morgan fingerprint density at radius 1 is 1.33 bits per heavy atom. The van der Waals surface area contributed by atoms with Crippen LogP contribution in [0.1, 0.15) is 35.4 Å². The van der Waals surface area contributed by atoms with Crippen LogP contribution in [0.5, 0.6) is 0 Å². The van der Waals surface area contributed by atoms with Crippen LogP contribution in [0.4, 0.5) is 4.39 Å². The van der Waals surface area contributed by atoms with E-state index < -0.39 is 5.60 Å². The number of hydrogen-bond donors (Lipinski definition) is 0. The molecule has 1 aromatic heterocycles. The Kier molecular flexibility index (Phi) is 3.46. The molecule has 0 aliphatic carbocycles. The van der Waals surface area contributed by atoms with E-state index in [0.29, 0.717) is 36.1 Å². The third kappa shape index (κ3) is 2.24. The maximum atomic E-state index is 13.4. The monoisotopic (exact) mass is 331 g/mol. The number of hydrogen-bond acceptors (Lipinski definition) is 4. The maximum absolute atomic E-state index is 13.4. The Morgan fingerprint density at radius 3 is 2.88 bits per heavy atom. The van der Waals surface area contributed by atoms with Gasteiger partial charge in [0.1, 0.15) is 17.0 Å². The van der Waals surface area contributed by atoms with E-state index in [2.05, 4.69) is 0 Å². The molecule has 1 amide bonds. The first-order valence-electron chi connectivity index (χ1n) is 8.15. The summed E-state index contributed by atoms with van der Waals surface area (Å²) < 4.78 is 24.7. The second-order valence-electron chi connectivity index (χ2n) is 6.54. The average molecular weight is 331 g/mol. The van der Waals surface area contributed by atoms with Crippen molar-refractivity contribution in [2.75, 3.05) is 19.7 Å². The molecule has 6 heteroatoms. The fraction of sp³-hybridized carbons (Fsp3) is 0.444. The van der Waals surface area contributed by atoms with Gasteiger partial charge in [0, 0.05) is 30.5 Å². The van der Waals surface area contributed by atoms with E-state index in [9.17, 15) is 14.0 Å². The predicted molar refractivity (Wildman–Crippen MR) is 84.4 cm³/mol. The maximum Gasteiger partial charge on any atom is 0.290 e. The number of piperidine rings is 1. The van der Waals surface area contributed by atoms with Crippen molar-refractivity contribution in [1.29, 1.82) is 0 Å². The van der Waals surface area contributed by atoms with Crippen molar-refractivity contribution in [2.45, 2.75) is 31.8 Å². The molecule has 3 heterocycles. The molecule has 2 aromatic rings. The minimum absolute atomic E-state index is 0.0314. The van der Waals surface area contributed by atoms with Crippen molar-refractivity contribution in [1.82, 2.24) is 4.90 Å². The average Bonchev–Trinajstić information content (AvgIpc) is 3.16. The lowest BCUT2D eigenvalue weighted by molar-refractivity contribution is -0.144. The highest BCUT2D eigenvalue weighted by atomic mass is 19.1. The highest BCUT2D eigenvalue weighted by Gasteiger charge is 2.46. The SMILES string of the molecule is Cc1c(C(=O)N2CCC3(CCCO3)C(=O)C2)oc2ccc(F)cc12.